The number of ether oxygens (including phenoxy) is 3. The maximum absolute atomic E-state index is 15.0. The quantitative estimate of drug-likeness (QED) is 0.160. The Labute approximate surface area is 395 Å². The molecule has 20 heteroatoms. The summed E-state index contributed by atoms with van der Waals surface area (Å²) in [7, 11) is -12.3. The molecule has 7 rings (SSSR count). The Morgan fingerprint density at radius 1 is 0.667 bits per heavy atom. The SMILES string of the molecule is CC(C)[Si]1(C(C)C)OC[C@H]2O[C@@H](n3cnc4c(NC(=O)c5ccccc5)ncnc43)[C@H](O[C@H]3O[C@@H]4CO[Si](C(C)C)(C(C)C)O[Si](C(C)C)(C(C)C)O[C@H]4C3=O)[C@@H]2O[Si](C(C)C)(C(C)C)O1. The van der Waals surface area contributed by atoms with E-state index in [1.165, 1.54) is 6.33 Å². The fourth-order valence-electron chi connectivity index (χ4n) is 10.6. The fourth-order valence-corrected chi connectivity index (χ4v) is 33.0. The van der Waals surface area contributed by atoms with Gasteiger partial charge < -0.3 is 45.5 Å². The smallest absolute Gasteiger partial charge is 0.335 e. The van der Waals surface area contributed by atoms with Crippen molar-refractivity contribution in [2.45, 2.75) is 198 Å². The van der Waals surface area contributed by atoms with Gasteiger partial charge in [-0.25, -0.2) is 15.0 Å². The predicted octanol–water partition coefficient (Wildman–Crippen LogP) is 9.57. The lowest BCUT2D eigenvalue weighted by molar-refractivity contribution is -0.198. The predicted molar refractivity (Wildman–Crippen MR) is 260 cm³/mol. The van der Waals surface area contributed by atoms with Crippen LogP contribution in [0.3, 0.4) is 0 Å². The first-order valence-corrected chi connectivity index (χ1v) is 32.0. The molecule has 4 aliphatic heterocycles. The Morgan fingerprint density at radius 3 is 1.71 bits per heavy atom. The van der Waals surface area contributed by atoms with Crippen molar-refractivity contribution in [2.75, 3.05) is 18.5 Å². The number of anilines is 1. The summed E-state index contributed by atoms with van der Waals surface area (Å²) in [6, 6.07) is 8.89. The van der Waals surface area contributed by atoms with Crippen molar-refractivity contribution < 1.29 is 49.7 Å². The van der Waals surface area contributed by atoms with Gasteiger partial charge in [0.25, 0.3) is 5.91 Å². The minimum atomic E-state index is -3.23. The Balaban J connectivity index is 1.32. The Bertz CT molecular complexity index is 2140. The molecule has 4 aliphatic rings. The van der Waals surface area contributed by atoms with E-state index in [0.717, 1.165) is 0 Å². The molecule has 6 heterocycles. The highest BCUT2D eigenvalue weighted by atomic mass is 28.5. The second-order valence-corrected chi connectivity index (χ2v) is 38.7. The number of benzene rings is 1. The van der Waals surface area contributed by atoms with E-state index in [2.05, 4.69) is 126 Å². The summed E-state index contributed by atoms with van der Waals surface area (Å²) in [5.41, 5.74) is 1.65. The molecule has 0 saturated carbocycles. The molecular formula is C46H75N5O11Si4. The molecule has 0 aliphatic carbocycles. The molecule has 4 saturated heterocycles. The van der Waals surface area contributed by atoms with Gasteiger partial charge in [-0.15, -0.1) is 0 Å². The zero-order valence-electron chi connectivity index (χ0n) is 41.9. The molecule has 0 bridgehead atoms. The summed E-state index contributed by atoms with van der Waals surface area (Å²) in [6.45, 7) is 34.8. The van der Waals surface area contributed by atoms with E-state index >= 15 is 4.79 Å². The number of hydrogen-bond acceptors (Lipinski definition) is 14. The number of hydrogen-bond donors (Lipinski definition) is 1. The summed E-state index contributed by atoms with van der Waals surface area (Å²) >= 11 is 0. The summed E-state index contributed by atoms with van der Waals surface area (Å²) in [5, 5.41) is 2.91. The van der Waals surface area contributed by atoms with Crippen LogP contribution < -0.4 is 5.32 Å². The van der Waals surface area contributed by atoms with E-state index in [1.807, 2.05) is 6.07 Å². The molecule has 1 aromatic carbocycles. The monoisotopic (exact) mass is 985 g/mol. The molecule has 3 aromatic rings. The van der Waals surface area contributed by atoms with Gasteiger partial charge in [0.2, 0.25) is 12.1 Å². The fraction of sp³-hybridized carbons (Fsp3) is 0.717. The Morgan fingerprint density at radius 2 is 1.18 bits per heavy atom. The Hall–Kier alpha value is -2.58. The number of nitrogens with one attached hydrogen (secondary N) is 1. The van der Waals surface area contributed by atoms with Crippen LogP contribution in [0.4, 0.5) is 5.82 Å². The van der Waals surface area contributed by atoms with Gasteiger partial charge in [-0.1, -0.05) is 129 Å². The normalized spacial score (nSPS) is 28.7. The number of amides is 1. The second kappa shape index (κ2) is 19.7. The van der Waals surface area contributed by atoms with Crippen LogP contribution in [0, 0.1) is 0 Å². The van der Waals surface area contributed by atoms with Gasteiger partial charge in [0.05, 0.1) is 19.5 Å². The number of nitrogens with zero attached hydrogens (tertiary/aromatic N) is 4. The third-order valence-electron chi connectivity index (χ3n) is 14.3. The molecule has 16 nitrogen and oxygen atoms in total. The van der Waals surface area contributed by atoms with Gasteiger partial charge in [0.15, 0.2) is 23.2 Å². The lowest BCUT2D eigenvalue weighted by Gasteiger charge is -2.51. The minimum Gasteiger partial charge on any atom is -0.414 e. The minimum absolute atomic E-state index is 0.00306. The lowest BCUT2D eigenvalue weighted by atomic mass is 10.1. The van der Waals surface area contributed by atoms with Gasteiger partial charge in [-0.3, -0.25) is 14.2 Å². The molecule has 4 fully saturated rings. The highest BCUT2D eigenvalue weighted by molar-refractivity contribution is 6.84. The van der Waals surface area contributed by atoms with Crippen LogP contribution in [0.25, 0.3) is 11.2 Å². The number of rotatable bonds is 13. The third kappa shape index (κ3) is 8.93. The number of aromatic nitrogens is 4. The largest absolute Gasteiger partial charge is 0.414 e. The third-order valence-corrected chi connectivity index (χ3v) is 34.7. The van der Waals surface area contributed by atoms with Gasteiger partial charge in [-0.2, -0.15) is 0 Å². The molecule has 366 valence electrons. The van der Waals surface area contributed by atoms with Crippen molar-refractivity contribution in [2.24, 2.45) is 0 Å². The summed E-state index contributed by atoms with van der Waals surface area (Å²) < 4.78 is 66.6. The van der Waals surface area contributed by atoms with Crippen molar-refractivity contribution in [3.05, 3.63) is 48.5 Å². The maximum Gasteiger partial charge on any atom is 0.335 e. The van der Waals surface area contributed by atoms with Crippen LogP contribution in [-0.4, -0.2) is 115 Å². The number of carbonyl (C=O) groups is 2. The molecule has 7 atom stereocenters. The number of Topliss-reactive ketones (excluding diaryl/α,β-unsaturated/α-hetero) is 1. The van der Waals surface area contributed by atoms with E-state index in [1.54, 1.807) is 35.2 Å². The number of fused-ring (bicyclic) bond motifs is 3. The van der Waals surface area contributed by atoms with E-state index in [-0.39, 0.29) is 75.1 Å². The molecule has 2 aromatic heterocycles. The van der Waals surface area contributed by atoms with Crippen molar-refractivity contribution >= 4 is 62.9 Å². The molecule has 1 amide bonds. The molecule has 1 N–H and O–H groups in total. The van der Waals surface area contributed by atoms with Crippen LogP contribution in [0.15, 0.2) is 43.0 Å². The zero-order chi connectivity index (χ0) is 48.3. The average molecular weight is 986 g/mol. The van der Waals surface area contributed by atoms with Crippen LogP contribution in [0.2, 0.25) is 44.3 Å². The molecule has 0 radical (unpaired) electrons. The van der Waals surface area contributed by atoms with Gasteiger partial charge in [-0.05, 0) is 56.5 Å². The number of imidazole rings is 1. The summed E-state index contributed by atoms with van der Waals surface area (Å²) in [5.74, 6) is -0.461. The van der Waals surface area contributed by atoms with E-state index in [4.69, 9.17) is 45.1 Å². The van der Waals surface area contributed by atoms with Crippen molar-refractivity contribution in [1.29, 1.82) is 0 Å². The standard InChI is InChI=1S/C46H75N5O11Si4/c1-26(2)63(27(3)4)54-22-35-39(59-65(61-63,30(9)10)31(11)12)38(52)46(57-35)58-41-40-36(23-55-64(28(5)6,29(7)8)62-66(60-40,32(13)14)33(15)16)56-45(41)51-25-49-37-42(47-24-48-43(37)51)50-44(53)34-20-18-17-19-21-34/h17-21,24-33,35-36,39-41,45-46H,22-23H2,1-16H3,(H,47,48,50,53)/t35-,36-,39-,40-,41-,45-,46-/m1/s1. The zero-order valence-corrected chi connectivity index (χ0v) is 45.9. The molecule has 0 spiro atoms. The van der Waals surface area contributed by atoms with Gasteiger partial charge >= 0.3 is 34.2 Å². The summed E-state index contributed by atoms with van der Waals surface area (Å²) in [6.07, 6.45) is -3.49. The highest BCUT2D eigenvalue weighted by Crippen LogP contribution is 2.51. The van der Waals surface area contributed by atoms with E-state index < -0.39 is 77.3 Å². The lowest BCUT2D eigenvalue weighted by Crippen LogP contribution is -2.66. The van der Waals surface area contributed by atoms with E-state index in [9.17, 15) is 4.79 Å². The van der Waals surface area contributed by atoms with Crippen LogP contribution in [0.1, 0.15) is 127 Å². The first-order chi connectivity index (χ1) is 31.0. The first-order valence-electron chi connectivity index (χ1n) is 24.1. The van der Waals surface area contributed by atoms with Crippen molar-refractivity contribution in [3.63, 3.8) is 0 Å². The van der Waals surface area contributed by atoms with Crippen LogP contribution in [0.5, 0.6) is 0 Å². The highest BCUT2D eigenvalue weighted by Gasteiger charge is 2.65. The summed E-state index contributed by atoms with van der Waals surface area (Å²) in [4.78, 5) is 42.2. The van der Waals surface area contributed by atoms with Crippen LogP contribution >= 0.6 is 0 Å². The topological polar surface area (TPSA) is 173 Å². The molecule has 66 heavy (non-hydrogen) atoms. The number of carbonyl (C=O) groups excluding carboxylic acids is 2. The average Bonchev–Trinajstić information content (AvgIpc) is 3.90. The van der Waals surface area contributed by atoms with Crippen LogP contribution in [-0.2, 0) is 44.9 Å². The van der Waals surface area contributed by atoms with Crippen molar-refractivity contribution in [3.8, 4) is 0 Å². The number of ketones is 1. The molecule has 0 unspecified atom stereocenters. The van der Waals surface area contributed by atoms with Crippen molar-refractivity contribution in [1.82, 2.24) is 19.5 Å². The van der Waals surface area contributed by atoms with Gasteiger partial charge in [0, 0.05) is 5.56 Å². The Kier molecular flexibility index (Phi) is 15.3. The first kappa shape index (κ1) is 51.3. The second-order valence-electron chi connectivity index (χ2n) is 21.0. The molecular weight excluding hydrogens is 911 g/mol. The van der Waals surface area contributed by atoms with Gasteiger partial charge in [0.1, 0.15) is 36.8 Å². The van der Waals surface area contributed by atoms with E-state index in [0.29, 0.717) is 16.7 Å². The maximum atomic E-state index is 15.0.